The van der Waals surface area contributed by atoms with Crippen molar-refractivity contribution in [2.24, 2.45) is 16.8 Å². The molecule has 2 heteroatoms. The second-order valence-electron chi connectivity index (χ2n) is 4.06. The monoisotopic (exact) mass is 167 g/mol. The maximum atomic E-state index is 5.39. The van der Waals surface area contributed by atoms with Gasteiger partial charge in [0.15, 0.2) is 0 Å². The molecule has 0 aromatic carbocycles. The molecule has 68 valence electrons. The summed E-state index contributed by atoms with van der Waals surface area (Å²) in [5, 5.41) is 0. The Morgan fingerprint density at radius 3 is 3.00 bits per heavy atom. The number of fused-ring (bicyclic) bond motifs is 1. The highest BCUT2D eigenvalue weighted by Gasteiger charge is 2.36. The van der Waals surface area contributed by atoms with Gasteiger partial charge in [0.2, 0.25) is 0 Å². The van der Waals surface area contributed by atoms with E-state index >= 15 is 0 Å². The molecule has 12 heavy (non-hydrogen) atoms. The van der Waals surface area contributed by atoms with E-state index in [2.05, 4.69) is 18.1 Å². The van der Waals surface area contributed by atoms with Gasteiger partial charge in [-0.3, -0.25) is 4.99 Å². The molecular formula is C10H17NO. The Morgan fingerprint density at radius 2 is 2.25 bits per heavy atom. The highest BCUT2D eigenvalue weighted by molar-refractivity contribution is 5.63. The lowest BCUT2D eigenvalue weighted by Gasteiger charge is -2.31. The van der Waals surface area contributed by atoms with Gasteiger partial charge in [-0.05, 0) is 31.1 Å². The smallest absolute Gasteiger partial charge is 0.0575 e. The van der Waals surface area contributed by atoms with Gasteiger partial charge < -0.3 is 4.74 Å². The van der Waals surface area contributed by atoms with Gasteiger partial charge in [0.25, 0.3) is 0 Å². The third-order valence-corrected chi connectivity index (χ3v) is 3.34. The van der Waals surface area contributed by atoms with Crippen LogP contribution in [-0.2, 0) is 4.74 Å². The van der Waals surface area contributed by atoms with Gasteiger partial charge in [0, 0.05) is 13.3 Å². The maximum Gasteiger partial charge on any atom is 0.0575 e. The van der Waals surface area contributed by atoms with Gasteiger partial charge in [-0.2, -0.15) is 0 Å². The van der Waals surface area contributed by atoms with Crippen LogP contribution in [0.3, 0.4) is 0 Å². The molecule has 1 aliphatic carbocycles. The third kappa shape index (κ3) is 1.28. The number of methoxy groups -OCH3 is 1. The van der Waals surface area contributed by atoms with Crippen molar-refractivity contribution < 1.29 is 4.74 Å². The fourth-order valence-corrected chi connectivity index (χ4v) is 2.47. The van der Waals surface area contributed by atoms with Crippen LogP contribution in [0.4, 0.5) is 0 Å². The van der Waals surface area contributed by atoms with E-state index in [4.69, 9.17) is 4.74 Å². The maximum absolute atomic E-state index is 5.39. The van der Waals surface area contributed by atoms with Crippen molar-refractivity contribution >= 4 is 6.21 Å². The van der Waals surface area contributed by atoms with E-state index in [1.54, 1.807) is 0 Å². The predicted octanol–water partition coefficient (Wildman–Crippen LogP) is 1.89. The molecule has 2 aliphatic rings. The van der Waals surface area contributed by atoms with Crippen LogP contribution in [0.15, 0.2) is 4.99 Å². The molecule has 0 spiro atoms. The fraction of sp³-hybridized carbons (Fsp3) is 0.900. The molecule has 2 rings (SSSR count). The molecule has 1 saturated carbocycles. The summed E-state index contributed by atoms with van der Waals surface area (Å²) in [7, 11) is 1.82. The highest BCUT2D eigenvalue weighted by Crippen LogP contribution is 2.36. The van der Waals surface area contributed by atoms with Crippen molar-refractivity contribution in [2.75, 3.05) is 7.11 Å². The van der Waals surface area contributed by atoms with Crippen molar-refractivity contribution in [1.82, 2.24) is 0 Å². The standard InChI is InChI=1S/C10H17NO/c1-7-6-11-10-4-3-8(12-2)5-9(7)10/h6-10H,3-5H2,1-2H3. The van der Waals surface area contributed by atoms with Gasteiger partial charge in [-0.1, -0.05) is 6.92 Å². The van der Waals surface area contributed by atoms with E-state index in [1.807, 2.05) is 7.11 Å². The van der Waals surface area contributed by atoms with Crippen LogP contribution in [0.25, 0.3) is 0 Å². The first-order chi connectivity index (χ1) is 5.81. The Bertz CT molecular complexity index is 190. The number of rotatable bonds is 1. The topological polar surface area (TPSA) is 21.6 Å². The SMILES string of the molecule is COC1CCC2N=CC(C)C2C1. The number of aliphatic imine (C=N–C) groups is 1. The second kappa shape index (κ2) is 3.17. The molecule has 1 aliphatic heterocycles. The minimum atomic E-state index is 0.496. The molecule has 0 amide bonds. The Kier molecular flexibility index (Phi) is 2.18. The van der Waals surface area contributed by atoms with Crippen LogP contribution < -0.4 is 0 Å². The Morgan fingerprint density at radius 1 is 1.42 bits per heavy atom. The summed E-state index contributed by atoms with van der Waals surface area (Å²) in [6, 6.07) is 0.617. The normalized spacial score (nSPS) is 46.2. The number of hydrogen-bond acceptors (Lipinski definition) is 2. The molecule has 4 unspecified atom stereocenters. The van der Waals surface area contributed by atoms with E-state index in [0.29, 0.717) is 18.1 Å². The number of hydrogen-bond donors (Lipinski definition) is 0. The first kappa shape index (κ1) is 8.24. The largest absolute Gasteiger partial charge is 0.381 e. The first-order valence-electron chi connectivity index (χ1n) is 4.87. The quantitative estimate of drug-likeness (QED) is 0.584. The lowest BCUT2D eigenvalue weighted by Crippen LogP contribution is -2.31. The summed E-state index contributed by atoms with van der Waals surface area (Å²) in [5.41, 5.74) is 0. The molecule has 1 fully saturated rings. The van der Waals surface area contributed by atoms with Crippen LogP contribution in [0, 0.1) is 11.8 Å². The fourth-order valence-electron chi connectivity index (χ4n) is 2.47. The summed E-state index contributed by atoms with van der Waals surface area (Å²) >= 11 is 0. The van der Waals surface area contributed by atoms with Crippen LogP contribution in [0.5, 0.6) is 0 Å². The summed E-state index contributed by atoms with van der Waals surface area (Å²) in [5.74, 6) is 1.44. The van der Waals surface area contributed by atoms with Gasteiger partial charge in [-0.25, -0.2) is 0 Å². The van der Waals surface area contributed by atoms with Crippen molar-refractivity contribution in [3.8, 4) is 0 Å². The second-order valence-corrected chi connectivity index (χ2v) is 4.06. The molecule has 0 saturated heterocycles. The van der Waals surface area contributed by atoms with E-state index in [9.17, 15) is 0 Å². The van der Waals surface area contributed by atoms with Crippen molar-refractivity contribution in [1.29, 1.82) is 0 Å². The molecule has 4 atom stereocenters. The lowest BCUT2D eigenvalue weighted by molar-refractivity contribution is 0.0417. The van der Waals surface area contributed by atoms with E-state index in [-0.39, 0.29) is 0 Å². The first-order valence-corrected chi connectivity index (χ1v) is 4.87. The van der Waals surface area contributed by atoms with Crippen LogP contribution in [-0.4, -0.2) is 25.5 Å². The molecular weight excluding hydrogens is 150 g/mol. The minimum Gasteiger partial charge on any atom is -0.381 e. The van der Waals surface area contributed by atoms with E-state index in [1.165, 1.54) is 19.3 Å². The molecule has 1 heterocycles. The van der Waals surface area contributed by atoms with Crippen molar-refractivity contribution in [3.05, 3.63) is 0 Å². The predicted molar refractivity (Wildman–Crippen MR) is 49.6 cm³/mol. The summed E-state index contributed by atoms with van der Waals surface area (Å²) < 4.78 is 5.39. The molecule has 2 nitrogen and oxygen atoms in total. The molecule has 0 aromatic rings. The zero-order chi connectivity index (χ0) is 8.55. The van der Waals surface area contributed by atoms with Crippen LogP contribution in [0.1, 0.15) is 26.2 Å². The van der Waals surface area contributed by atoms with Crippen molar-refractivity contribution in [3.63, 3.8) is 0 Å². The lowest BCUT2D eigenvalue weighted by atomic mass is 9.79. The Balaban J connectivity index is 2.00. The zero-order valence-electron chi connectivity index (χ0n) is 7.86. The Hall–Kier alpha value is -0.370. The number of nitrogens with zero attached hydrogens (tertiary/aromatic N) is 1. The average molecular weight is 167 g/mol. The molecule has 0 bridgehead atoms. The van der Waals surface area contributed by atoms with Gasteiger partial charge >= 0.3 is 0 Å². The van der Waals surface area contributed by atoms with E-state index in [0.717, 1.165) is 5.92 Å². The van der Waals surface area contributed by atoms with Gasteiger partial charge in [-0.15, -0.1) is 0 Å². The third-order valence-electron chi connectivity index (χ3n) is 3.34. The van der Waals surface area contributed by atoms with Gasteiger partial charge in [0.05, 0.1) is 12.1 Å². The van der Waals surface area contributed by atoms with Crippen molar-refractivity contribution in [2.45, 2.75) is 38.3 Å². The summed E-state index contributed by atoms with van der Waals surface area (Å²) in [4.78, 5) is 4.53. The minimum absolute atomic E-state index is 0.496. The summed E-state index contributed by atoms with van der Waals surface area (Å²) in [6.07, 6.45) is 6.26. The Labute approximate surface area is 74.0 Å². The summed E-state index contributed by atoms with van der Waals surface area (Å²) in [6.45, 7) is 2.27. The van der Waals surface area contributed by atoms with Crippen LogP contribution >= 0.6 is 0 Å². The average Bonchev–Trinajstić information content (AvgIpc) is 2.47. The van der Waals surface area contributed by atoms with E-state index < -0.39 is 0 Å². The zero-order valence-corrected chi connectivity index (χ0v) is 7.86. The molecule has 0 N–H and O–H groups in total. The number of ether oxygens (including phenoxy) is 1. The highest BCUT2D eigenvalue weighted by atomic mass is 16.5. The molecule has 0 aromatic heterocycles. The van der Waals surface area contributed by atoms with Crippen LogP contribution in [0.2, 0.25) is 0 Å². The molecule has 0 radical (unpaired) electrons. The van der Waals surface area contributed by atoms with Gasteiger partial charge in [0.1, 0.15) is 0 Å².